The highest BCUT2D eigenvalue weighted by Crippen LogP contribution is 2.27. The van der Waals surface area contributed by atoms with E-state index in [1.807, 2.05) is 6.07 Å². The summed E-state index contributed by atoms with van der Waals surface area (Å²) in [6.45, 7) is 0.909. The fraction of sp³-hybridized carbons (Fsp3) is 0.211. The van der Waals surface area contributed by atoms with Crippen LogP contribution in [-0.4, -0.2) is 31.2 Å². The van der Waals surface area contributed by atoms with Crippen LogP contribution in [0.4, 0.5) is 5.69 Å². The van der Waals surface area contributed by atoms with Crippen molar-refractivity contribution in [3.8, 4) is 0 Å². The summed E-state index contributed by atoms with van der Waals surface area (Å²) in [5, 5.41) is 2.67. The minimum Gasteiger partial charge on any atom is -0.465 e. The molecule has 0 unspecified atom stereocenters. The van der Waals surface area contributed by atoms with Gasteiger partial charge in [-0.15, -0.1) is 0 Å². The first-order valence-corrected chi connectivity index (χ1v) is 8.05. The highest BCUT2D eigenvalue weighted by Gasteiger charge is 2.19. The highest BCUT2D eigenvalue weighted by atomic mass is 16.3. The van der Waals surface area contributed by atoms with Crippen LogP contribution >= 0.6 is 0 Å². The van der Waals surface area contributed by atoms with Crippen LogP contribution in [0.3, 0.4) is 0 Å². The second-order valence-corrected chi connectivity index (χ2v) is 5.71. The van der Waals surface area contributed by atoms with E-state index in [1.165, 1.54) is 12.3 Å². The number of carbonyl (C=O) groups excluding carboxylic acids is 3. The van der Waals surface area contributed by atoms with Gasteiger partial charge in [0.15, 0.2) is 5.78 Å². The van der Waals surface area contributed by atoms with Gasteiger partial charge in [-0.1, -0.05) is 0 Å². The molecule has 0 fully saturated rings. The molecule has 1 aliphatic rings. The van der Waals surface area contributed by atoms with Crippen LogP contribution in [-0.2, 0) is 16.0 Å². The molecular formula is C19H18N2O4. The molecule has 25 heavy (non-hydrogen) atoms. The van der Waals surface area contributed by atoms with E-state index in [0.29, 0.717) is 17.9 Å². The lowest BCUT2D eigenvalue weighted by Gasteiger charge is -2.10. The standard InChI is InChI=1S/C19H18N2O4/c22-13-21-10-8-14-12-15(3-5-17(14)21)18(23)7-9-20-19(24)6-4-16-2-1-11-25-16/h1-6,11-13H,7-10H2,(H,20,24)/b6-4+. The maximum atomic E-state index is 12.3. The van der Waals surface area contributed by atoms with Crippen molar-refractivity contribution in [3.05, 3.63) is 59.6 Å². The number of fused-ring (bicyclic) bond motifs is 1. The van der Waals surface area contributed by atoms with E-state index in [1.54, 1.807) is 35.2 Å². The van der Waals surface area contributed by atoms with Gasteiger partial charge in [0, 0.05) is 36.8 Å². The molecule has 1 aromatic carbocycles. The van der Waals surface area contributed by atoms with Gasteiger partial charge in [0.25, 0.3) is 0 Å². The quantitative estimate of drug-likeness (QED) is 0.477. The Bertz CT molecular complexity index is 809. The zero-order valence-corrected chi connectivity index (χ0v) is 13.6. The molecular weight excluding hydrogens is 320 g/mol. The van der Waals surface area contributed by atoms with Gasteiger partial charge in [0.1, 0.15) is 5.76 Å². The van der Waals surface area contributed by atoms with Gasteiger partial charge in [0.05, 0.1) is 6.26 Å². The molecule has 0 spiro atoms. The van der Waals surface area contributed by atoms with Crippen LogP contribution in [0.25, 0.3) is 6.08 Å². The molecule has 0 radical (unpaired) electrons. The Morgan fingerprint density at radius 2 is 2.16 bits per heavy atom. The van der Waals surface area contributed by atoms with E-state index < -0.39 is 0 Å². The molecule has 0 bridgehead atoms. The summed E-state index contributed by atoms with van der Waals surface area (Å²) in [5.74, 6) is 0.274. The Hall–Kier alpha value is -3.15. The maximum absolute atomic E-state index is 12.3. The number of amides is 2. The van der Waals surface area contributed by atoms with Gasteiger partial charge in [-0.2, -0.15) is 0 Å². The number of rotatable bonds is 7. The van der Waals surface area contributed by atoms with Gasteiger partial charge in [-0.3, -0.25) is 14.4 Å². The highest BCUT2D eigenvalue weighted by molar-refractivity contribution is 5.98. The third-order valence-corrected chi connectivity index (χ3v) is 4.05. The number of carbonyl (C=O) groups is 3. The molecule has 2 amide bonds. The van der Waals surface area contributed by atoms with Crippen molar-refractivity contribution in [2.24, 2.45) is 0 Å². The van der Waals surface area contributed by atoms with Gasteiger partial charge in [-0.25, -0.2) is 0 Å². The Balaban J connectivity index is 1.50. The number of hydrogen-bond acceptors (Lipinski definition) is 4. The van der Waals surface area contributed by atoms with Crippen LogP contribution < -0.4 is 10.2 Å². The molecule has 0 saturated heterocycles. The molecule has 128 valence electrons. The summed E-state index contributed by atoms with van der Waals surface area (Å²) in [7, 11) is 0. The van der Waals surface area contributed by atoms with Crippen molar-refractivity contribution in [3.63, 3.8) is 0 Å². The summed E-state index contributed by atoms with van der Waals surface area (Å²) in [6, 6.07) is 8.84. The molecule has 0 aliphatic carbocycles. The molecule has 1 aromatic heterocycles. The summed E-state index contributed by atoms with van der Waals surface area (Å²) in [5.41, 5.74) is 2.47. The smallest absolute Gasteiger partial charge is 0.244 e. The molecule has 2 heterocycles. The van der Waals surface area contributed by atoms with E-state index >= 15 is 0 Å². The average Bonchev–Trinajstić information content (AvgIpc) is 3.28. The van der Waals surface area contributed by atoms with E-state index in [9.17, 15) is 14.4 Å². The first-order valence-electron chi connectivity index (χ1n) is 8.05. The number of benzene rings is 1. The fourth-order valence-electron chi connectivity index (χ4n) is 2.76. The number of furan rings is 1. The van der Waals surface area contributed by atoms with Gasteiger partial charge >= 0.3 is 0 Å². The number of nitrogens with one attached hydrogen (secondary N) is 1. The molecule has 3 rings (SSSR count). The zero-order chi connectivity index (χ0) is 17.6. The normalized spacial score (nSPS) is 13.0. The molecule has 2 aromatic rings. The van der Waals surface area contributed by atoms with E-state index in [-0.39, 0.29) is 24.7 Å². The van der Waals surface area contributed by atoms with Crippen molar-refractivity contribution in [2.45, 2.75) is 12.8 Å². The van der Waals surface area contributed by atoms with Crippen molar-refractivity contribution in [1.29, 1.82) is 0 Å². The Labute approximate surface area is 145 Å². The van der Waals surface area contributed by atoms with E-state index in [4.69, 9.17) is 4.42 Å². The summed E-state index contributed by atoms with van der Waals surface area (Å²) >= 11 is 0. The first kappa shape index (κ1) is 16.7. The fourth-order valence-corrected chi connectivity index (χ4v) is 2.76. The first-order chi connectivity index (χ1) is 12.2. The minimum atomic E-state index is -0.278. The second-order valence-electron chi connectivity index (χ2n) is 5.71. The van der Waals surface area contributed by atoms with Gasteiger partial charge < -0.3 is 14.6 Å². The van der Waals surface area contributed by atoms with Crippen LogP contribution in [0.1, 0.15) is 28.1 Å². The number of hydrogen-bond donors (Lipinski definition) is 1. The topological polar surface area (TPSA) is 79.6 Å². The van der Waals surface area contributed by atoms with Crippen LogP contribution in [0.2, 0.25) is 0 Å². The summed E-state index contributed by atoms with van der Waals surface area (Å²) in [4.78, 5) is 36.5. The van der Waals surface area contributed by atoms with Crippen molar-refractivity contribution >= 4 is 29.9 Å². The molecule has 1 N–H and O–H groups in total. The number of Topliss-reactive ketones (excluding diaryl/α,β-unsaturated/α-hetero) is 1. The monoisotopic (exact) mass is 338 g/mol. The number of anilines is 1. The van der Waals surface area contributed by atoms with Crippen molar-refractivity contribution < 1.29 is 18.8 Å². The van der Waals surface area contributed by atoms with Crippen molar-refractivity contribution in [1.82, 2.24) is 5.32 Å². The molecule has 1 aliphatic heterocycles. The second kappa shape index (κ2) is 7.61. The Morgan fingerprint density at radius 1 is 1.28 bits per heavy atom. The van der Waals surface area contributed by atoms with Crippen LogP contribution in [0.5, 0.6) is 0 Å². The molecule has 6 heteroatoms. The molecule has 6 nitrogen and oxygen atoms in total. The van der Waals surface area contributed by atoms with Gasteiger partial charge in [-0.05, 0) is 48.4 Å². The van der Waals surface area contributed by atoms with E-state index in [0.717, 1.165) is 24.1 Å². The van der Waals surface area contributed by atoms with Crippen molar-refractivity contribution in [2.75, 3.05) is 18.0 Å². The summed E-state index contributed by atoms with van der Waals surface area (Å²) < 4.78 is 5.09. The third-order valence-electron chi connectivity index (χ3n) is 4.05. The number of ketones is 1. The zero-order valence-electron chi connectivity index (χ0n) is 13.6. The molecule has 0 atom stereocenters. The van der Waals surface area contributed by atoms with E-state index in [2.05, 4.69) is 5.32 Å². The van der Waals surface area contributed by atoms with Crippen LogP contribution in [0.15, 0.2) is 47.1 Å². The summed E-state index contributed by atoms with van der Waals surface area (Å²) in [6.07, 6.45) is 6.24. The number of nitrogens with zero attached hydrogens (tertiary/aromatic N) is 1. The van der Waals surface area contributed by atoms with Gasteiger partial charge in [0.2, 0.25) is 12.3 Å². The average molecular weight is 338 g/mol. The lowest BCUT2D eigenvalue weighted by molar-refractivity contribution is -0.116. The largest absolute Gasteiger partial charge is 0.465 e. The predicted octanol–water partition coefficient (Wildman–Crippen LogP) is 2.20. The molecule has 0 saturated carbocycles. The Kier molecular flexibility index (Phi) is 5.09. The lowest BCUT2D eigenvalue weighted by atomic mass is 10.0. The van der Waals surface area contributed by atoms with Crippen LogP contribution in [0, 0.1) is 0 Å². The lowest BCUT2D eigenvalue weighted by Crippen LogP contribution is -2.24. The Morgan fingerprint density at radius 3 is 2.92 bits per heavy atom. The minimum absolute atomic E-state index is 0.0392. The third kappa shape index (κ3) is 4.03. The SMILES string of the molecule is O=CN1CCc2cc(C(=O)CCNC(=O)/C=C/c3ccco3)ccc21. The predicted molar refractivity (Wildman–Crippen MR) is 93.3 cm³/mol. The maximum Gasteiger partial charge on any atom is 0.244 e.